The van der Waals surface area contributed by atoms with Crippen LogP contribution in [0.4, 0.5) is 13.2 Å². The van der Waals surface area contributed by atoms with Crippen molar-refractivity contribution in [3.63, 3.8) is 0 Å². The second kappa shape index (κ2) is 9.46. The highest BCUT2D eigenvalue weighted by Gasteiger charge is 2.47. The molecule has 2 aromatic carbocycles. The summed E-state index contributed by atoms with van der Waals surface area (Å²) < 4.78 is 72.1. The Morgan fingerprint density at radius 3 is 2.38 bits per heavy atom. The molecule has 0 aliphatic carbocycles. The number of hydrogen-bond acceptors (Lipinski definition) is 9. The Morgan fingerprint density at radius 2 is 1.81 bits per heavy atom. The number of esters is 1. The molecule has 0 fully saturated rings. The van der Waals surface area contributed by atoms with Crippen molar-refractivity contribution >= 4 is 26.8 Å². The number of nitrogens with zero attached hydrogens (tertiary/aromatic N) is 2. The molecule has 1 unspecified atom stereocenters. The summed E-state index contributed by atoms with van der Waals surface area (Å²) in [5.41, 5.74) is 0.309. The molecule has 0 aliphatic rings. The summed E-state index contributed by atoms with van der Waals surface area (Å²) in [5, 5.41) is 20.6. The predicted molar refractivity (Wildman–Crippen MR) is 122 cm³/mol. The van der Waals surface area contributed by atoms with Crippen molar-refractivity contribution in [1.29, 1.82) is 0 Å². The number of aliphatic hydroxyl groups is 2. The number of aromatic nitrogens is 3. The van der Waals surface area contributed by atoms with Crippen LogP contribution in [0, 0.1) is 0 Å². The third kappa shape index (κ3) is 5.55. The van der Waals surface area contributed by atoms with Gasteiger partial charge < -0.3 is 24.7 Å². The minimum Gasteiger partial charge on any atom is -0.457 e. The van der Waals surface area contributed by atoms with Crippen molar-refractivity contribution in [2.45, 2.75) is 16.9 Å². The number of H-pyrrole nitrogens is 1. The number of halogens is 3. The molecule has 2 aromatic heterocycles. The molecule has 10 nitrogen and oxygen atoms in total. The van der Waals surface area contributed by atoms with Crippen molar-refractivity contribution in [2.75, 3.05) is 12.9 Å². The zero-order valence-electron chi connectivity index (χ0n) is 18.9. The van der Waals surface area contributed by atoms with E-state index in [2.05, 4.69) is 19.7 Å². The first-order valence-corrected chi connectivity index (χ1v) is 12.3. The number of aromatic amines is 1. The van der Waals surface area contributed by atoms with Gasteiger partial charge in [0.1, 0.15) is 23.8 Å². The van der Waals surface area contributed by atoms with Gasteiger partial charge in [0.25, 0.3) is 5.79 Å². The van der Waals surface area contributed by atoms with Gasteiger partial charge in [-0.2, -0.15) is 13.2 Å². The summed E-state index contributed by atoms with van der Waals surface area (Å²) >= 11 is 0. The van der Waals surface area contributed by atoms with Crippen LogP contribution in [0.5, 0.6) is 11.5 Å². The van der Waals surface area contributed by atoms with Crippen LogP contribution in [-0.4, -0.2) is 58.6 Å². The lowest BCUT2D eigenvalue weighted by molar-refractivity contribution is -0.261. The van der Waals surface area contributed by atoms with E-state index in [4.69, 9.17) is 4.74 Å². The first kappa shape index (κ1) is 26.1. The molecule has 0 saturated carbocycles. The lowest BCUT2D eigenvalue weighted by Crippen LogP contribution is -2.40. The van der Waals surface area contributed by atoms with Crippen molar-refractivity contribution in [2.24, 2.45) is 0 Å². The van der Waals surface area contributed by atoms with Crippen LogP contribution in [0.1, 0.15) is 5.56 Å². The van der Waals surface area contributed by atoms with E-state index in [9.17, 15) is 36.6 Å². The minimum atomic E-state index is -5.46. The van der Waals surface area contributed by atoms with Crippen LogP contribution < -0.4 is 4.74 Å². The number of imidazole rings is 1. The van der Waals surface area contributed by atoms with Crippen molar-refractivity contribution in [3.05, 3.63) is 66.4 Å². The van der Waals surface area contributed by atoms with Gasteiger partial charge in [-0.05, 0) is 42.5 Å². The topological polar surface area (TPSA) is 152 Å². The molecule has 194 valence electrons. The number of benzene rings is 2. The zero-order valence-corrected chi connectivity index (χ0v) is 19.7. The fourth-order valence-corrected chi connectivity index (χ4v) is 3.95. The average molecular weight is 537 g/mol. The first-order valence-electron chi connectivity index (χ1n) is 10.4. The van der Waals surface area contributed by atoms with E-state index in [-0.39, 0.29) is 33.3 Å². The zero-order chi connectivity index (χ0) is 27.0. The molecule has 37 heavy (non-hydrogen) atoms. The number of fused-ring (bicyclic) bond motifs is 1. The second-order valence-corrected chi connectivity index (χ2v) is 9.86. The molecule has 0 radical (unpaired) electrons. The number of pyridine rings is 1. The number of sulfone groups is 1. The number of nitrogens with one attached hydrogen (secondary N) is 1. The van der Waals surface area contributed by atoms with Gasteiger partial charge in [0, 0.05) is 18.5 Å². The molecule has 0 aliphatic heterocycles. The van der Waals surface area contributed by atoms with Gasteiger partial charge in [0.05, 0.1) is 21.5 Å². The molecule has 0 saturated heterocycles. The number of ether oxygens (including phenoxy) is 2. The molecule has 3 N–H and O–H groups in total. The first-order chi connectivity index (χ1) is 17.3. The van der Waals surface area contributed by atoms with Gasteiger partial charge in [-0.25, -0.2) is 18.2 Å². The van der Waals surface area contributed by atoms with Crippen molar-refractivity contribution < 1.29 is 46.1 Å². The minimum absolute atomic E-state index is 0.0196. The number of rotatable bonds is 7. The van der Waals surface area contributed by atoms with E-state index in [1.165, 1.54) is 36.5 Å². The quantitative estimate of drug-likeness (QED) is 0.239. The van der Waals surface area contributed by atoms with Gasteiger partial charge >= 0.3 is 12.1 Å². The Morgan fingerprint density at radius 1 is 1.11 bits per heavy atom. The van der Waals surface area contributed by atoms with Gasteiger partial charge in [-0.15, -0.1) is 0 Å². The molecule has 0 bridgehead atoms. The number of hydrogen-bond donors (Lipinski definition) is 3. The smallest absolute Gasteiger partial charge is 0.457 e. The lowest BCUT2D eigenvalue weighted by Gasteiger charge is -2.28. The average Bonchev–Trinajstić information content (AvgIpc) is 3.26. The van der Waals surface area contributed by atoms with Gasteiger partial charge in [-0.3, -0.25) is 4.98 Å². The summed E-state index contributed by atoms with van der Waals surface area (Å²) in [4.78, 5) is 22.9. The molecular formula is C23H18F3N3O7S. The van der Waals surface area contributed by atoms with Crippen LogP contribution in [0.2, 0.25) is 0 Å². The maximum atomic E-state index is 12.9. The Hall–Kier alpha value is -4.01. The monoisotopic (exact) mass is 537 g/mol. The van der Waals surface area contributed by atoms with Gasteiger partial charge in [-0.1, -0.05) is 6.07 Å². The third-order valence-corrected chi connectivity index (χ3v) is 6.23. The predicted octanol–water partition coefficient (Wildman–Crippen LogP) is 3.06. The fourth-order valence-electron chi connectivity index (χ4n) is 3.32. The molecule has 14 heteroatoms. The number of carbonyl (C=O) groups excluding carboxylic acids is 1. The van der Waals surface area contributed by atoms with E-state index in [0.717, 1.165) is 12.3 Å². The third-order valence-electron chi connectivity index (χ3n) is 5.10. The number of aliphatic hydroxyl groups excluding tert-OH is 1. The Labute approximate surface area is 207 Å². The molecule has 0 amide bonds. The van der Waals surface area contributed by atoms with Gasteiger partial charge in [0.2, 0.25) is 0 Å². The van der Waals surface area contributed by atoms with E-state index >= 15 is 0 Å². The highest BCUT2D eigenvalue weighted by Crippen LogP contribution is 2.38. The Kier molecular flexibility index (Phi) is 6.66. The summed E-state index contributed by atoms with van der Waals surface area (Å²) in [6, 6.07) is 12.4. The van der Waals surface area contributed by atoms with Crippen LogP contribution in [0.15, 0.2) is 65.7 Å². The fraction of sp³-hybridized carbons (Fsp3) is 0.174. The van der Waals surface area contributed by atoms with Crippen LogP contribution >= 0.6 is 0 Å². The lowest BCUT2D eigenvalue weighted by atomic mass is 10.0. The van der Waals surface area contributed by atoms with Gasteiger partial charge in [0.15, 0.2) is 15.7 Å². The van der Waals surface area contributed by atoms with E-state index < -0.39 is 39.9 Å². The van der Waals surface area contributed by atoms with Crippen LogP contribution in [0.3, 0.4) is 0 Å². The van der Waals surface area contributed by atoms with Crippen LogP contribution in [-0.2, 0) is 25.2 Å². The largest absolute Gasteiger partial charge is 0.491 e. The summed E-state index contributed by atoms with van der Waals surface area (Å²) in [6.45, 7) is -1.45. The van der Waals surface area contributed by atoms with Crippen molar-refractivity contribution in [1.82, 2.24) is 15.0 Å². The van der Waals surface area contributed by atoms with Crippen LogP contribution in [0.25, 0.3) is 22.6 Å². The molecule has 4 aromatic rings. The highest BCUT2D eigenvalue weighted by molar-refractivity contribution is 7.90. The molecule has 2 heterocycles. The summed E-state index contributed by atoms with van der Waals surface area (Å²) in [7, 11) is -3.52. The highest BCUT2D eigenvalue weighted by atomic mass is 32.2. The normalized spacial score (nSPS) is 13.8. The van der Waals surface area contributed by atoms with E-state index in [1.807, 2.05) is 0 Å². The number of carbonyl (C=O) groups is 1. The standard InChI is InChI=1S/C23H18F3N3O7S/c1-37(33,34)14-7-5-13(6-8-14)35-19-11-18-17(28-20(29-18)16-4-2-3-9-27-16)10-15(19)22(32,12-30)36-21(31)23(24,25)26/h2-11,30,32H,12H2,1H3,(H,28,29). The van der Waals surface area contributed by atoms with E-state index in [0.29, 0.717) is 5.69 Å². The molecule has 4 rings (SSSR count). The summed E-state index contributed by atoms with van der Waals surface area (Å²) in [5.74, 6) is -5.94. The molecule has 1 atom stereocenters. The number of alkyl halides is 3. The van der Waals surface area contributed by atoms with Crippen molar-refractivity contribution in [3.8, 4) is 23.0 Å². The molecular weight excluding hydrogens is 519 g/mol. The summed E-state index contributed by atoms with van der Waals surface area (Å²) in [6.07, 6.45) is -2.94. The maximum Gasteiger partial charge on any atom is 0.491 e. The Balaban J connectivity index is 1.84. The SMILES string of the molecule is CS(=O)(=O)c1ccc(Oc2cc3nc(-c4ccccn4)[nH]c3cc2C(O)(CO)OC(=O)C(F)(F)F)cc1. The second-order valence-electron chi connectivity index (χ2n) is 7.84. The maximum absolute atomic E-state index is 12.9. The molecule has 0 spiro atoms. The Bertz CT molecular complexity index is 1560. The van der Waals surface area contributed by atoms with E-state index in [1.54, 1.807) is 18.2 Å².